The number of aliphatic hydroxyl groups is 1. The summed E-state index contributed by atoms with van der Waals surface area (Å²) in [4.78, 5) is 11.2. The van der Waals surface area contributed by atoms with Crippen LogP contribution in [0.25, 0.3) is 0 Å². The topological polar surface area (TPSA) is 46.5 Å². The van der Waals surface area contributed by atoms with E-state index in [1.54, 1.807) is 13.0 Å². The Kier molecular flexibility index (Phi) is 4.99. The maximum Gasteiger partial charge on any atom is 0.159 e. The first kappa shape index (κ1) is 12.7. The predicted molar refractivity (Wildman–Crippen MR) is 63.0 cm³/mol. The zero-order chi connectivity index (χ0) is 12.0. The number of aliphatic hydroxyl groups excluding tert-OH is 1. The van der Waals surface area contributed by atoms with Crippen LogP contribution in [0.4, 0.5) is 0 Å². The van der Waals surface area contributed by atoms with Gasteiger partial charge >= 0.3 is 0 Å². The zero-order valence-electron chi connectivity index (χ0n) is 9.82. The molecule has 1 N–H and O–H groups in total. The predicted octanol–water partition coefficient (Wildman–Crippen LogP) is 2.35. The van der Waals surface area contributed by atoms with Gasteiger partial charge < -0.3 is 9.84 Å². The summed E-state index contributed by atoms with van der Waals surface area (Å²) in [7, 11) is 0. The largest absolute Gasteiger partial charge is 0.494 e. The van der Waals surface area contributed by atoms with Crippen molar-refractivity contribution in [3.05, 3.63) is 29.3 Å². The molecule has 0 bridgehead atoms. The second-order valence-corrected chi connectivity index (χ2v) is 3.87. The van der Waals surface area contributed by atoms with Crippen molar-refractivity contribution in [2.45, 2.75) is 26.7 Å². The molecule has 0 saturated carbocycles. The number of ketones is 1. The van der Waals surface area contributed by atoms with Crippen LogP contribution >= 0.6 is 0 Å². The summed E-state index contributed by atoms with van der Waals surface area (Å²) in [5, 5.41) is 8.62. The van der Waals surface area contributed by atoms with E-state index in [9.17, 15) is 4.79 Å². The molecule has 0 unspecified atom stereocenters. The minimum atomic E-state index is 0.0453. The average Bonchev–Trinajstić information content (AvgIpc) is 2.23. The minimum Gasteiger partial charge on any atom is -0.494 e. The number of benzene rings is 1. The Hall–Kier alpha value is -1.35. The van der Waals surface area contributed by atoms with Gasteiger partial charge in [-0.1, -0.05) is 0 Å². The Labute approximate surface area is 96.1 Å². The van der Waals surface area contributed by atoms with E-state index in [0.717, 1.165) is 24.2 Å². The number of carbonyl (C=O) groups excluding carboxylic acids is 1. The summed E-state index contributed by atoms with van der Waals surface area (Å²) in [6.45, 7) is 4.24. The van der Waals surface area contributed by atoms with Crippen LogP contribution in [0, 0.1) is 6.92 Å². The molecule has 1 rings (SSSR count). The Bertz CT molecular complexity index is 358. The molecule has 88 valence electrons. The molecule has 0 aliphatic rings. The highest BCUT2D eigenvalue weighted by Crippen LogP contribution is 2.17. The number of hydrogen-bond acceptors (Lipinski definition) is 3. The smallest absolute Gasteiger partial charge is 0.159 e. The van der Waals surface area contributed by atoms with Gasteiger partial charge in [-0.2, -0.15) is 0 Å². The van der Waals surface area contributed by atoms with Gasteiger partial charge in [0, 0.05) is 12.2 Å². The SMILES string of the molecule is CC(=O)c1cc(C)cc(OCCCCO)c1. The van der Waals surface area contributed by atoms with Crippen molar-refractivity contribution in [2.75, 3.05) is 13.2 Å². The van der Waals surface area contributed by atoms with E-state index in [0.29, 0.717) is 12.2 Å². The second-order valence-electron chi connectivity index (χ2n) is 3.87. The Balaban J connectivity index is 2.62. The standard InChI is InChI=1S/C13H18O3/c1-10-7-12(11(2)15)9-13(8-10)16-6-4-3-5-14/h7-9,14H,3-6H2,1-2H3. The Morgan fingerprint density at radius 1 is 1.31 bits per heavy atom. The van der Waals surface area contributed by atoms with E-state index < -0.39 is 0 Å². The zero-order valence-corrected chi connectivity index (χ0v) is 9.82. The van der Waals surface area contributed by atoms with E-state index in [-0.39, 0.29) is 12.4 Å². The van der Waals surface area contributed by atoms with E-state index >= 15 is 0 Å². The molecule has 0 radical (unpaired) electrons. The van der Waals surface area contributed by atoms with Gasteiger partial charge in [0.05, 0.1) is 6.61 Å². The fraction of sp³-hybridized carbons (Fsp3) is 0.462. The van der Waals surface area contributed by atoms with Crippen molar-refractivity contribution in [1.29, 1.82) is 0 Å². The van der Waals surface area contributed by atoms with Gasteiger partial charge in [0.15, 0.2) is 5.78 Å². The van der Waals surface area contributed by atoms with Crippen molar-refractivity contribution in [1.82, 2.24) is 0 Å². The molecular formula is C13H18O3. The normalized spacial score (nSPS) is 10.2. The highest BCUT2D eigenvalue weighted by atomic mass is 16.5. The molecule has 0 amide bonds. The quantitative estimate of drug-likeness (QED) is 0.593. The van der Waals surface area contributed by atoms with Crippen LogP contribution in [0.15, 0.2) is 18.2 Å². The molecule has 0 fully saturated rings. The summed E-state index contributed by atoms with van der Waals surface area (Å²) < 4.78 is 5.52. The Morgan fingerprint density at radius 2 is 2.06 bits per heavy atom. The lowest BCUT2D eigenvalue weighted by atomic mass is 10.1. The molecule has 3 heteroatoms. The second kappa shape index (κ2) is 6.28. The lowest BCUT2D eigenvalue weighted by Gasteiger charge is -2.08. The van der Waals surface area contributed by atoms with E-state index in [4.69, 9.17) is 9.84 Å². The number of Topliss-reactive ketones (excluding diaryl/α,β-unsaturated/α-hetero) is 1. The van der Waals surface area contributed by atoms with Crippen molar-refractivity contribution in [3.63, 3.8) is 0 Å². The van der Waals surface area contributed by atoms with Gasteiger partial charge in [0.2, 0.25) is 0 Å². The summed E-state index contributed by atoms with van der Waals surface area (Å²) >= 11 is 0. The summed E-state index contributed by atoms with van der Waals surface area (Å²) in [5.41, 5.74) is 1.70. The van der Waals surface area contributed by atoms with Crippen LogP contribution < -0.4 is 4.74 Å². The summed E-state index contributed by atoms with van der Waals surface area (Å²) in [5.74, 6) is 0.770. The molecular weight excluding hydrogens is 204 g/mol. The highest BCUT2D eigenvalue weighted by Gasteiger charge is 2.03. The van der Waals surface area contributed by atoms with Gasteiger partial charge in [-0.05, 0) is 50.5 Å². The summed E-state index contributed by atoms with van der Waals surface area (Å²) in [6.07, 6.45) is 1.56. The first-order valence-electron chi connectivity index (χ1n) is 5.50. The van der Waals surface area contributed by atoms with E-state index in [1.165, 1.54) is 0 Å². The number of aryl methyl sites for hydroxylation is 1. The fourth-order valence-electron chi connectivity index (χ4n) is 1.44. The lowest BCUT2D eigenvalue weighted by molar-refractivity contribution is 0.101. The fourth-order valence-corrected chi connectivity index (χ4v) is 1.44. The molecule has 16 heavy (non-hydrogen) atoms. The van der Waals surface area contributed by atoms with E-state index in [1.807, 2.05) is 19.1 Å². The number of carbonyl (C=O) groups is 1. The van der Waals surface area contributed by atoms with Crippen molar-refractivity contribution < 1.29 is 14.6 Å². The number of hydrogen-bond donors (Lipinski definition) is 1. The molecule has 0 aromatic heterocycles. The van der Waals surface area contributed by atoms with Gasteiger partial charge in [0.1, 0.15) is 5.75 Å². The van der Waals surface area contributed by atoms with Crippen molar-refractivity contribution in [3.8, 4) is 5.75 Å². The summed E-state index contributed by atoms with van der Waals surface area (Å²) in [6, 6.07) is 5.52. The molecule has 0 aliphatic carbocycles. The first-order valence-corrected chi connectivity index (χ1v) is 5.50. The van der Waals surface area contributed by atoms with Crippen molar-refractivity contribution in [2.24, 2.45) is 0 Å². The van der Waals surface area contributed by atoms with Crippen LogP contribution in [0.3, 0.4) is 0 Å². The minimum absolute atomic E-state index is 0.0453. The van der Waals surface area contributed by atoms with Crippen LogP contribution in [0.5, 0.6) is 5.75 Å². The Morgan fingerprint density at radius 3 is 2.69 bits per heavy atom. The molecule has 3 nitrogen and oxygen atoms in total. The molecule has 0 aliphatic heterocycles. The monoisotopic (exact) mass is 222 g/mol. The average molecular weight is 222 g/mol. The van der Waals surface area contributed by atoms with Crippen LogP contribution in [-0.2, 0) is 0 Å². The first-order chi connectivity index (χ1) is 7.63. The maximum absolute atomic E-state index is 11.2. The van der Waals surface area contributed by atoms with E-state index in [2.05, 4.69) is 0 Å². The third kappa shape index (κ3) is 4.03. The lowest BCUT2D eigenvalue weighted by Crippen LogP contribution is -2.01. The van der Waals surface area contributed by atoms with Gasteiger partial charge in [0.25, 0.3) is 0 Å². The maximum atomic E-state index is 11.2. The number of unbranched alkanes of at least 4 members (excludes halogenated alkanes) is 1. The van der Waals surface area contributed by atoms with Gasteiger partial charge in [-0.25, -0.2) is 0 Å². The van der Waals surface area contributed by atoms with Crippen LogP contribution in [0.2, 0.25) is 0 Å². The van der Waals surface area contributed by atoms with Crippen LogP contribution in [-0.4, -0.2) is 24.1 Å². The number of rotatable bonds is 6. The molecule has 0 spiro atoms. The molecule has 1 aromatic rings. The molecule has 0 saturated heterocycles. The van der Waals surface area contributed by atoms with Gasteiger partial charge in [-0.3, -0.25) is 4.79 Å². The van der Waals surface area contributed by atoms with Crippen molar-refractivity contribution >= 4 is 5.78 Å². The molecule has 1 aromatic carbocycles. The molecule has 0 heterocycles. The third-order valence-corrected chi connectivity index (χ3v) is 2.28. The number of ether oxygens (including phenoxy) is 1. The van der Waals surface area contributed by atoms with Gasteiger partial charge in [-0.15, -0.1) is 0 Å². The molecule has 0 atom stereocenters. The van der Waals surface area contributed by atoms with Crippen LogP contribution in [0.1, 0.15) is 35.7 Å². The third-order valence-electron chi connectivity index (χ3n) is 2.28. The highest BCUT2D eigenvalue weighted by molar-refractivity contribution is 5.94.